The molecule has 1 heterocycles. The third-order valence-corrected chi connectivity index (χ3v) is 1.23. The Labute approximate surface area is 65.1 Å². The summed E-state index contributed by atoms with van der Waals surface area (Å²) < 4.78 is 0. The normalized spacial score (nSPS) is 8.82. The molecule has 0 saturated heterocycles. The lowest BCUT2D eigenvalue weighted by molar-refractivity contribution is 1.03. The largest absolute Gasteiger partial charge is 0.363 e. The average Bonchev–Trinajstić information content (AvgIpc) is 2.05. The third kappa shape index (κ3) is 1.64. The first-order valence-electron chi connectivity index (χ1n) is 3.13. The third-order valence-electron chi connectivity index (χ3n) is 1.23. The SMILES string of the molecule is CN(C)c1cc(C#N)ncn1. The van der Waals surface area contributed by atoms with Crippen molar-refractivity contribution in [3.63, 3.8) is 0 Å². The molecule has 0 saturated carbocycles. The highest BCUT2D eigenvalue weighted by molar-refractivity contribution is 5.39. The highest BCUT2D eigenvalue weighted by Gasteiger charge is 1.97. The number of hydrogen-bond acceptors (Lipinski definition) is 4. The van der Waals surface area contributed by atoms with Gasteiger partial charge in [-0.25, -0.2) is 9.97 Å². The van der Waals surface area contributed by atoms with Gasteiger partial charge in [-0.15, -0.1) is 0 Å². The zero-order chi connectivity index (χ0) is 8.27. The zero-order valence-electron chi connectivity index (χ0n) is 6.44. The fraction of sp³-hybridized carbons (Fsp3) is 0.286. The van der Waals surface area contributed by atoms with Crippen molar-refractivity contribution in [3.8, 4) is 6.07 Å². The molecule has 1 aromatic heterocycles. The molecule has 0 aliphatic heterocycles. The Morgan fingerprint density at radius 1 is 1.45 bits per heavy atom. The Morgan fingerprint density at radius 2 is 2.18 bits per heavy atom. The van der Waals surface area contributed by atoms with E-state index in [9.17, 15) is 0 Å². The van der Waals surface area contributed by atoms with E-state index in [1.165, 1.54) is 6.33 Å². The fourth-order valence-electron chi connectivity index (χ4n) is 0.653. The van der Waals surface area contributed by atoms with Crippen LogP contribution in [0.25, 0.3) is 0 Å². The van der Waals surface area contributed by atoms with Crippen LogP contribution in [0, 0.1) is 11.3 Å². The standard InChI is InChI=1S/C7H8N4/c1-11(2)7-3-6(4-8)9-5-10-7/h3,5H,1-2H3. The highest BCUT2D eigenvalue weighted by Crippen LogP contribution is 2.05. The van der Waals surface area contributed by atoms with Gasteiger partial charge in [0.25, 0.3) is 0 Å². The van der Waals surface area contributed by atoms with Gasteiger partial charge in [0.05, 0.1) is 0 Å². The molecule has 0 spiro atoms. The number of anilines is 1. The minimum Gasteiger partial charge on any atom is -0.363 e. The average molecular weight is 148 g/mol. The van der Waals surface area contributed by atoms with E-state index in [0.29, 0.717) is 5.69 Å². The molecule has 0 unspecified atom stereocenters. The van der Waals surface area contributed by atoms with Crippen LogP contribution in [-0.4, -0.2) is 24.1 Å². The first-order valence-corrected chi connectivity index (χ1v) is 3.13. The van der Waals surface area contributed by atoms with Crippen LogP contribution in [0.5, 0.6) is 0 Å². The van der Waals surface area contributed by atoms with E-state index in [0.717, 1.165) is 5.82 Å². The van der Waals surface area contributed by atoms with Crippen molar-refractivity contribution in [2.24, 2.45) is 0 Å². The number of nitrogens with zero attached hydrogens (tertiary/aromatic N) is 4. The minimum absolute atomic E-state index is 0.392. The molecule has 4 heteroatoms. The summed E-state index contributed by atoms with van der Waals surface area (Å²) in [6, 6.07) is 3.58. The Hall–Kier alpha value is -1.63. The first-order chi connectivity index (χ1) is 5.24. The van der Waals surface area contributed by atoms with Gasteiger partial charge in [0, 0.05) is 20.2 Å². The van der Waals surface area contributed by atoms with Crippen LogP contribution in [0.2, 0.25) is 0 Å². The summed E-state index contributed by atoms with van der Waals surface area (Å²) in [5.74, 6) is 0.747. The maximum absolute atomic E-state index is 8.49. The lowest BCUT2D eigenvalue weighted by Gasteiger charge is -2.09. The van der Waals surface area contributed by atoms with Gasteiger partial charge in [-0.1, -0.05) is 0 Å². The lowest BCUT2D eigenvalue weighted by Crippen LogP contribution is -2.10. The van der Waals surface area contributed by atoms with E-state index >= 15 is 0 Å². The second kappa shape index (κ2) is 2.97. The summed E-state index contributed by atoms with van der Waals surface area (Å²) in [6.45, 7) is 0. The van der Waals surface area contributed by atoms with Crippen molar-refractivity contribution in [3.05, 3.63) is 18.1 Å². The van der Waals surface area contributed by atoms with Crippen molar-refractivity contribution in [2.75, 3.05) is 19.0 Å². The van der Waals surface area contributed by atoms with Gasteiger partial charge in [-0.2, -0.15) is 5.26 Å². The van der Waals surface area contributed by atoms with Gasteiger partial charge >= 0.3 is 0 Å². The van der Waals surface area contributed by atoms with E-state index < -0.39 is 0 Å². The van der Waals surface area contributed by atoms with Gasteiger partial charge in [-0.05, 0) is 0 Å². The van der Waals surface area contributed by atoms with Gasteiger partial charge in [0.15, 0.2) is 0 Å². The zero-order valence-corrected chi connectivity index (χ0v) is 6.44. The van der Waals surface area contributed by atoms with Crippen molar-refractivity contribution >= 4 is 5.82 Å². The molecule has 4 nitrogen and oxygen atoms in total. The maximum Gasteiger partial charge on any atom is 0.145 e. The van der Waals surface area contributed by atoms with E-state index in [2.05, 4.69) is 9.97 Å². The molecule has 1 rings (SSSR count). The molecule has 0 aliphatic rings. The number of nitriles is 1. The smallest absolute Gasteiger partial charge is 0.145 e. The van der Waals surface area contributed by atoms with Crippen LogP contribution in [0.15, 0.2) is 12.4 Å². The number of hydrogen-bond donors (Lipinski definition) is 0. The van der Waals surface area contributed by atoms with Crippen LogP contribution < -0.4 is 4.90 Å². The summed E-state index contributed by atoms with van der Waals surface area (Å²) in [7, 11) is 3.73. The second-order valence-electron chi connectivity index (χ2n) is 2.27. The van der Waals surface area contributed by atoms with Crippen LogP contribution in [0.4, 0.5) is 5.82 Å². The number of rotatable bonds is 1. The van der Waals surface area contributed by atoms with Crippen LogP contribution >= 0.6 is 0 Å². The Balaban J connectivity index is 3.03. The molecule has 0 fully saturated rings. The van der Waals surface area contributed by atoms with E-state index in [1.807, 2.05) is 25.1 Å². The molecule has 0 aromatic carbocycles. The van der Waals surface area contributed by atoms with E-state index in [-0.39, 0.29) is 0 Å². The highest BCUT2D eigenvalue weighted by atomic mass is 15.1. The summed E-state index contributed by atoms with van der Waals surface area (Å²) in [4.78, 5) is 9.51. The second-order valence-corrected chi connectivity index (χ2v) is 2.27. The van der Waals surface area contributed by atoms with E-state index in [1.54, 1.807) is 6.07 Å². The minimum atomic E-state index is 0.392. The molecule has 1 aromatic rings. The Bertz CT molecular complexity index is 287. The molecule has 11 heavy (non-hydrogen) atoms. The molecule has 0 atom stereocenters. The number of aromatic nitrogens is 2. The summed E-state index contributed by atoms with van der Waals surface area (Å²) in [6.07, 6.45) is 1.38. The monoisotopic (exact) mass is 148 g/mol. The van der Waals surface area contributed by atoms with Gasteiger partial charge in [-0.3, -0.25) is 0 Å². The first kappa shape index (κ1) is 7.48. The molecule has 56 valence electrons. The van der Waals surface area contributed by atoms with Gasteiger partial charge in [0.2, 0.25) is 0 Å². The summed E-state index contributed by atoms with van der Waals surface area (Å²) in [5, 5.41) is 8.49. The van der Waals surface area contributed by atoms with E-state index in [4.69, 9.17) is 5.26 Å². The Kier molecular flexibility index (Phi) is 2.02. The summed E-state index contributed by atoms with van der Waals surface area (Å²) in [5.41, 5.74) is 0.392. The quantitative estimate of drug-likeness (QED) is 0.579. The maximum atomic E-state index is 8.49. The topological polar surface area (TPSA) is 52.8 Å². The predicted octanol–water partition coefficient (Wildman–Crippen LogP) is 0.414. The molecular weight excluding hydrogens is 140 g/mol. The Morgan fingerprint density at radius 3 is 2.73 bits per heavy atom. The van der Waals surface area contributed by atoms with Gasteiger partial charge < -0.3 is 4.90 Å². The summed E-state index contributed by atoms with van der Waals surface area (Å²) >= 11 is 0. The molecule has 0 N–H and O–H groups in total. The van der Waals surface area contributed by atoms with Crippen molar-refractivity contribution in [2.45, 2.75) is 0 Å². The fourth-order valence-corrected chi connectivity index (χ4v) is 0.653. The molecule has 0 aliphatic carbocycles. The molecule has 0 bridgehead atoms. The molecular formula is C7H8N4. The van der Waals surface area contributed by atoms with Crippen LogP contribution in [0.3, 0.4) is 0 Å². The van der Waals surface area contributed by atoms with Crippen molar-refractivity contribution in [1.29, 1.82) is 5.26 Å². The molecule has 0 amide bonds. The molecule has 0 radical (unpaired) electrons. The van der Waals surface area contributed by atoms with Crippen LogP contribution in [0.1, 0.15) is 5.69 Å². The predicted molar refractivity (Wildman–Crippen MR) is 41.1 cm³/mol. The van der Waals surface area contributed by atoms with Crippen molar-refractivity contribution in [1.82, 2.24) is 9.97 Å². The van der Waals surface area contributed by atoms with Crippen LogP contribution in [-0.2, 0) is 0 Å². The lowest BCUT2D eigenvalue weighted by atomic mass is 10.4. The van der Waals surface area contributed by atoms with Gasteiger partial charge in [0.1, 0.15) is 23.9 Å². The van der Waals surface area contributed by atoms with Crippen molar-refractivity contribution < 1.29 is 0 Å².